The molecule has 0 atom stereocenters. The number of carbonyl (C=O) groups is 1. The molecule has 2 aliphatic heterocycles. The smallest absolute Gasteiger partial charge is 0.317 e. The first-order valence-electron chi connectivity index (χ1n) is 9.15. The summed E-state index contributed by atoms with van der Waals surface area (Å²) in [4.78, 5) is 16.5. The molecule has 0 spiro atoms. The van der Waals surface area contributed by atoms with Crippen molar-refractivity contribution in [2.45, 2.75) is 0 Å². The van der Waals surface area contributed by atoms with Crippen LogP contribution in [-0.4, -0.2) is 57.1 Å². The van der Waals surface area contributed by atoms with E-state index in [1.165, 1.54) is 5.69 Å². The average Bonchev–Trinajstić information content (AvgIpc) is 3.20. The fourth-order valence-electron chi connectivity index (χ4n) is 3.21. The zero-order valence-corrected chi connectivity index (χ0v) is 15.1. The van der Waals surface area contributed by atoms with Crippen molar-refractivity contribution < 1.29 is 19.0 Å². The number of carbonyl (C=O) groups excluding carboxylic acids is 1. The van der Waals surface area contributed by atoms with Crippen LogP contribution in [0, 0.1) is 0 Å². The summed E-state index contributed by atoms with van der Waals surface area (Å²) in [6, 6.07) is 15.7. The lowest BCUT2D eigenvalue weighted by Crippen LogP contribution is -2.52. The number of ether oxygens (including phenoxy) is 3. The molecule has 4 rings (SSSR count). The number of rotatable bonds is 5. The Morgan fingerprint density at radius 1 is 1.00 bits per heavy atom. The summed E-state index contributed by atoms with van der Waals surface area (Å²) in [6.45, 7) is 4.19. The number of fused-ring (bicyclic) bond motifs is 1. The maximum atomic E-state index is 12.3. The van der Waals surface area contributed by atoms with Gasteiger partial charge in [-0.1, -0.05) is 18.2 Å². The van der Waals surface area contributed by atoms with E-state index in [-0.39, 0.29) is 12.8 Å². The van der Waals surface area contributed by atoms with E-state index in [1.54, 1.807) is 6.07 Å². The Morgan fingerprint density at radius 2 is 1.78 bits per heavy atom. The predicted molar refractivity (Wildman–Crippen MR) is 102 cm³/mol. The number of benzene rings is 2. The van der Waals surface area contributed by atoms with E-state index in [0.29, 0.717) is 37.7 Å². The third-order valence-electron chi connectivity index (χ3n) is 4.68. The summed E-state index contributed by atoms with van der Waals surface area (Å²) in [5.74, 6) is 2.11. The van der Waals surface area contributed by atoms with Crippen LogP contribution in [0.15, 0.2) is 48.5 Å². The van der Waals surface area contributed by atoms with Crippen molar-refractivity contribution in [3.05, 3.63) is 48.5 Å². The number of nitrogens with zero attached hydrogens (tertiary/aromatic N) is 2. The highest BCUT2D eigenvalue weighted by atomic mass is 16.7. The number of hydrogen-bond acceptors (Lipinski definition) is 5. The van der Waals surface area contributed by atoms with Gasteiger partial charge in [-0.2, -0.15) is 0 Å². The number of anilines is 1. The summed E-state index contributed by atoms with van der Waals surface area (Å²) in [5.41, 5.74) is 1.20. The number of amides is 2. The van der Waals surface area contributed by atoms with Crippen LogP contribution in [0.25, 0.3) is 0 Å². The molecule has 2 aliphatic rings. The van der Waals surface area contributed by atoms with Gasteiger partial charge in [-0.05, 0) is 24.3 Å². The van der Waals surface area contributed by atoms with Crippen molar-refractivity contribution in [1.82, 2.24) is 10.2 Å². The first kappa shape index (κ1) is 17.3. The van der Waals surface area contributed by atoms with Crippen LogP contribution in [0.1, 0.15) is 0 Å². The number of para-hydroxylation sites is 1. The first-order valence-corrected chi connectivity index (χ1v) is 9.15. The van der Waals surface area contributed by atoms with E-state index in [4.69, 9.17) is 14.2 Å². The van der Waals surface area contributed by atoms with E-state index in [9.17, 15) is 4.79 Å². The van der Waals surface area contributed by atoms with Gasteiger partial charge in [0.15, 0.2) is 11.5 Å². The molecule has 0 radical (unpaired) electrons. The van der Waals surface area contributed by atoms with Crippen molar-refractivity contribution in [3.63, 3.8) is 0 Å². The van der Waals surface area contributed by atoms with E-state index >= 15 is 0 Å². The molecule has 0 aromatic heterocycles. The van der Waals surface area contributed by atoms with Gasteiger partial charge < -0.3 is 29.3 Å². The molecule has 7 heteroatoms. The summed E-state index contributed by atoms with van der Waals surface area (Å²) in [5, 5.41) is 2.92. The summed E-state index contributed by atoms with van der Waals surface area (Å²) in [7, 11) is 0. The van der Waals surface area contributed by atoms with Crippen LogP contribution in [0.5, 0.6) is 17.2 Å². The maximum absolute atomic E-state index is 12.3. The van der Waals surface area contributed by atoms with Crippen LogP contribution in [0.3, 0.4) is 0 Å². The van der Waals surface area contributed by atoms with E-state index in [0.717, 1.165) is 18.8 Å². The fourth-order valence-corrected chi connectivity index (χ4v) is 3.21. The summed E-state index contributed by atoms with van der Waals surface area (Å²) >= 11 is 0. The third kappa shape index (κ3) is 4.19. The Bertz CT molecular complexity index is 776. The largest absolute Gasteiger partial charge is 0.492 e. The zero-order valence-electron chi connectivity index (χ0n) is 15.1. The van der Waals surface area contributed by atoms with Crippen LogP contribution in [0.2, 0.25) is 0 Å². The number of piperazine rings is 1. The minimum absolute atomic E-state index is 0.0444. The highest BCUT2D eigenvalue weighted by Crippen LogP contribution is 2.34. The Morgan fingerprint density at radius 3 is 2.59 bits per heavy atom. The van der Waals surface area contributed by atoms with E-state index < -0.39 is 0 Å². The van der Waals surface area contributed by atoms with Crippen molar-refractivity contribution >= 4 is 11.7 Å². The predicted octanol–water partition coefficient (Wildman–Crippen LogP) is 2.33. The minimum atomic E-state index is -0.0444. The zero-order chi connectivity index (χ0) is 18.5. The maximum Gasteiger partial charge on any atom is 0.317 e. The van der Waals surface area contributed by atoms with Gasteiger partial charge in [0.05, 0.1) is 6.54 Å². The monoisotopic (exact) mass is 369 g/mol. The number of nitrogens with one attached hydrogen (secondary N) is 1. The van der Waals surface area contributed by atoms with Crippen molar-refractivity contribution in [3.8, 4) is 17.2 Å². The topological polar surface area (TPSA) is 63.3 Å². The Kier molecular flexibility index (Phi) is 5.18. The molecular weight excluding hydrogens is 346 g/mol. The second kappa shape index (κ2) is 8.07. The average molecular weight is 369 g/mol. The lowest BCUT2D eigenvalue weighted by atomic mass is 10.2. The van der Waals surface area contributed by atoms with Crippen molar-refractivity contribution in [2.24, 2.45) is 0 Å². The van der Waals surface area contributed by atoms with Crippen LogP contribution >= 0.6 is 0 Å². The van der Waals surface area contributed by atoms with Gasteiger partial charge in [0.1, 0.15) is 12.4 Å². The number of urea groups is 1. The Balaban J connectivity index is 1.17. The van der Waals surface area contributed by atoms with Gasteiger partial charge in [-0.3, -0.25) is 0 Å². The van der Waals surface area contributed by atoms with Gasteiger partial charge in [-0.15, -0.1) is 0 Å². The van der Waals surface area contributed by atoms with Gasteiger partial charge >= 0.3 is 6.03 Å². The number of hydrogen-bond donors (Lipinski definition) is 1. The molecule has 2 aromatic carbocycles. The molecule has 0 bridgehead atoms. The quantitative estimate of drug-likeness (QED) is 0.820. The van der Waals surface area contributed by atoms with Gasteiger partial charge in [0, 0.05) is 37.9 Å². The third-order valence-corrected chi connectivity index (χ3v) is 4.68. The minimum Gasteiger partial charge on any atom is -0.492 e. The molecular formula is C20H23N3O4. The molecule has 2 amide bonds. The van der Waals surface area contributed by atoms with Crippen molar-refractivity contribution in [2.75, 3.05) is 51.0 Å². The van der Waals surface area contributed by atoms with E-state index in [2.05, 4.69) is 22.3 Å². The van der Waals surface area contributed by atoms with Gasteiger partial charge in [-0.25, -0.2) is 4.79 Å². The van der Waals surface area contributed by atoms with E-state index in [1.807, 2.05) is 35.2 Å². The lowest BCUT2D eigenvalue weighted by Gasteiger charge is -2.36. The fraction of sp³-hybridized carbons (Fsp3) is 0.350. The molecule has 1 N–H and O–H groups in total. The molecule has 0 unspecified atom stereocenters. The molecule has 2 heterocycles. The molecule has 142 valence electrons. The normalized spacial score (nSPS) is 15.6. The molecule has 0 aliphatic carbocycles. The molecule has 1 saturated heterocycles. The van der Waals surface area contributed by atoms with Crippen molar-refractivity contribution in [1.29, 1.82) is 0 Å². The molecule has 1 fully saturated rings. The second-order valence-electron chi connectivity index (χ2n) is 6.41. The SMILES string of the molecule is O=C(NCCOc1ccc2c(c1)OCO2)N1CCN(c2ccccc2)CC1. The molecule has 0 saturated carbocycles. The highest BCUT2D eigenvalue weighted by Gasteiger charge is 2.21. The lowest BCUT2D eigenvalue weighted by molar-refractivity contribution is 0.173. The van der Waals surface area contributed by atoms with Gasteiger partial charge in [0.2, 0.25) is 6.79 Å². The summed E-state index contributed by atoms with van der Waals surface area (Å²) < 4.78 is 16.3. The Hall–Kier alpha value is -3.09. The molecule has 27 heavy (non-hydrogen) atoms. The highest BCUT2D eigenvalue weighted by molar-refractivity contribution is 5.74. The van der Waals surface area contributed by atoms with Crippen LogP contribution in [0.4, 0.5) is 10.5 Å². The molecule has 2 aromatic rings. The Labute approximate surface area is 158 Å². The first-order chi connectivity index (χ1) is 13.3. The van der Waals surface area contributed by atoms with Gasteiger partial charge in [0.25, 0.3) is 0 Å². The summed E-state index contributed by atoms with van der Waals surface area (Å²) in [6.07, 6.45) is 0. The standard InChI is InChI=1S/C20H23N3O4/c24-20(23-11-9-22(10-12-23)16-4-2-1-3-5-16)21-8-13-25-17-6-7-18-19(14-17)27-15-26-18/h1-7,14H,8-13,15H2,(H,21,24). The second-order valence-corrected chi connectivity index (χ2v) is 6.41. The molecule has 7 nitrogen and oxygen atoms in total. The van der Waals surface area contributed by atoms with Crippen LogP contribution in [-0.2, 0) is 0 Å². The van der Waals surface area contributed by atoms with Crippen LogP contribution < -0.4 is 24.4 Å².